The number of hydrogen-bond acceptors (Lipinski definition) is 4. The monoisotopic (exact) mass is 392 g/mol. The van der Waals surface area contributed by atoms with Gasteiger partial charge in [-0.25, -0.2) is 9.78 Å². The van der Waals surface area contributed by atoms with Crippen LogP contribution >= 0.6 is 0 Å². The van der Waals surface area contributed by atoms with Gasteiger partial charge >= 0.3 is 5.69 Å². The van der Waals surface area contributed by atoms with Gasteiger partial charge in [0.1, 0.15) is 11.4 Å². The Hall–Kier alpha value is -3.35. The minimum absolute atomic E-state index is 0.231. The van der Waals surface area contributed by atoms with E-state index in [-0.39, 0.29) is 16.7 Å². The smallest absolute Gasteiger partial charge is 0.333 e. The second kappa shape index (κ2) is 6.92. The van der Waals surface area contributed by atoms with Gasteiger partial charge in [0.2, 0.25) is 0 Å². The quantitative estimate of drug-likeness (QED) is 0.535. The summed E-state index contributed by atoms with van der Waals surface area (Å²) in [5.74, 6) is 0.639. The molecule has 0 unspecified atom stereocenters. The van der Waals surface area contributed by atoms with Gasteiger partial charge in [0.05, 0.1) is 13.7 Å². The van der Waals surface area contributed by atoms with E-state index >= 15 is 0 Å². The van der Waals surface area contributed by atoms with Crippen molar-refractivity contribution in [3.8, 4) is 5.75 Å². The SMILES string of the molecule is COc1ccn2c(c1)nc1c2c(=O)n(CC(C)(C)C)c(=O)n1Cc1ccccc1. The molecule has 0 radical (unpaired) electrons. The molecule has 150 valence electrons. The Labute approximate surface area is 167 Å². The molecule has 0 bridgehead atoms. The first-order chi connectivity index (χ1) is 13.8. The predicted octanol–water partition coefficient (Wildman–Crippen LogP) is 2.91. The van der Waals surface area contributed by atoms with Gasteiger partial charge in [-0.2, -0.15) is 0 Å². The molecule has 4 rings (SSSR count). The van der Waals surface area contributed by atoms with Crippen molar-refractivity contribution in [2.24, 2.45) is 5.41 Å². The standard InChI is InChI=1S/C22H24N4O3/c1-22(2,3)14-26-20(27)18-19(23-17-12-16(29-4)10-11-24(17)18)25(21(26)28)13-15-8-6-5-7-9-15/h5-12H,13-14H2,1-4H3. The van der Waals surface area contributed by atoms with E-state index in [2.05, 4.69) is 4.98 Å². The fraction of sp³-hybridized carbons (Fsp3) is 0.318. The Kier molecular flexibility index (Phi) is 4.53. The van der Waals surface area contributed by atoms with Gasteiger partial charge in [-0.1, -0.05) is 51.1 Å². The summed E-state index contributed by atoms with van der Waals surface area (Å²) in [4.78, 5) is 31.3. The molecule has 3 heterocycles. The molecule has 0 aliphatic carbocycles. The third-order valence-electron chi connectivity index (χ3n) is 4.80. The minimum atomic E-state index is -0.350. The Balaban J connectivity index is 2.07. The van der Waals surface area contributed by atoms with Crippen molar-refractivity contribution in [3.63, 3.8) is 0 Å². The Morgan fingerprint density at radius 3 is 2.41 bits per heavy atom. The van der Waals surface area contributed by atoms with Gasteiger partial charge in [-0.05, 0) is 17.0 Å². The summed E-state index contributed by atoms with van der Waals surface area (Å²) < 4.78 is 9.91. The van der Waals surface area contributed by atoms with Crippen molar-refractivity contribution >= 4 is 16.8 Å². The van der Waals surface area contributed by atoms with Crippen LogP contribution in [-0.4, -0.2) is 25.6 Å². The van der Waals surface area contributed by atoms with Crippen molar-refractivity contribution in [2.45, 2.75) is 33.9 Å². The molecule has 0 saturated heterocycles. The lowest BCUT2D eigenvalue weighted by atomic mass is 9.97. The molecule has 4 aromatic rings. The van der Waals surface area contributed by atoms with Crippen molar-refractivity contribution in [3.05, 3.63) is 75.1 Å². The van der Waals surface area contributed by atoms with E-state index in [0.717, 1.165) is 5.56 Å². The molecule has 0 saturated carbocycles. The van der Waals surface area contributed by atoms with Crippen LogP contribution in [0.1, 0.15) is 26.3 Å². The highest BCUT2D eigenvalue weighted by Gasteiger charge is 2.22. The average Bonchev–Trinajstić information content (AvgIpc) is 3.07. The van der Waals surface area contributed by atoms with Crippen LogP contribution in [0.5, 0.6) is 5.75 Å². The van der Waals surface area contributed by atoms with Crippen molar-refractivity contribution in [1.29, 1.82) is 0 Å². The number of imidazole rings is 1. The molecule has 0 aliphatic heterocycles. The van der Waals surface area contributed by atoms with Gasteiger partial charge in [-0.3, -0.25) is 18.3 Å². The van der Waals surface area contributed by atoms with Crippen LogP contribution in [0.4, 0.5) is 0 Å². The van der Waals surface area contributed by atoms with Crippen molar-refractivity contribution in [2.75, 3.05) is 7.11 Å². The summed E-state index contributed by atoms with van der Waals surface area (Å²) in [6.07, 6.45) is 1.75. The van der Waals surface area contributed by atoms with E-state index in [1.54, 1.807) is 34.4 Å². The lowest BCUT2D eigenvalue weighted by molar-refractivity contribution is 0.328. The zero-order chi connectivity index (χ0) is 20.8. The number of benzene rings is 1. The molecule has 0 fully saturated rings. The third-order valence-corrected chi connectivity index (χ3v) is 4.80. The van der Waals surface area contributed by atoms with Crippen LogP contribution in [0.2, 0.25) is 0 Å². The first kappa shape index (κ1) is 19.0. The largest absolute Gasteiger partial charge is 0.497 e. The number of methoxy groups -OCH3 is 1. The maximum Gasteiger partial charge on any atom is 0.333 e. The van der Waals surface area contributed by atoms with Crippen LogP contribution < -0.4 is 16.0 Å². The number of aromatic nitrogens is 4. The number of hydrogen-bond donors (Lipinski definition) is 0. The Morgan fingerprint density at radius 2 is 1.76 bits per heavy atom. The van der Waals surface area contributed by atoms with Crippen LogP contribution in [0.25, 0.3) is 16.8 Å². The van der Waals surface area contributed by atoms with E-state index < -0.39 is 0 Å². The van der Waals surface area contributed by atoms with E-state index in [4.69, 9.17) is 4.74 Å². The van der Waals surface area contributed by atoms with Crippen LogP contribution in [0, 0.1) is 5.41 Å². The molecule has 0 N–H and O–H groups in total. The van der Waals surface area contributed by atoms with Crippen molar-refractivity contribution < 1.29 is 4.74 Å². The van der Waals surface area contributed by atoms with Crippen molar-refractivity contribution in [1.82, 2.24) is 18.5 Å². The highest BCUT2D eigenvalue weighted by atomic mass is 16.5. The van der Waals surface area contributed by atoms with Crippen LogP contribution in [0.15, 0.2) is 58.3 Å². The molecule has 3 aromatic heterocycles. The lowest BCUT2D eigenvalue weighted by Crippen LogP contribution is -2.43. The predicted molar refractivity (Wildman–Crippen MR) is 113 cm³/mol. The summed E-state index contributed by atoms with van der Waals surface area (Å²) in [7, 11) is 1.58. The van der Waals surface area contributed by atoms with Gasteiger partial charge < -0.3 is 4.74 Å². The summed E-state index contributed by atoms with van der Waals surface area (Å²) >= 11 is 0. The van der Waals surface area contributed by atoms with E-state index in [0.29, 0.717) is 35.7 Å². The second-order valence-corrected chi connectivity index (χ2v) is 8.39. The topological polar surface area (TPSA) is 70.5 Å². The Bertz CT molecular complexity index is 1310. The van der Waals surface area contributed by atoms with Gasteiger partial charge in [0, 0.05) is 18.8 Å². The fourth-order valence-electron chi connectivity index (χ4n) is 3.50. The lowest BCUT2D eigenvalue weighted by Gasteiger charge is -2.20. The molecule has 1 aromatic carbocycles. The van der Waals surface area contributed by atoms with E-state index in [1.807, 2.05) is 51.1 Å². The molecular formula is C22H24N4O3. The number of ether oxygens (including phenoxy) is 1. The Morgan fingerprint density at radius 1 is 1.03 bits per heavy atom. The third kappa shape index (κ3) is 3.44. The minimum Gasteiger partial charge on any atom is -0.497 e. The summed E-state index contributed by atoms with van der Waals surface area (Å²) in [5.41, 5.74) is 1.38. The van der Waals surface area contributed by atoms with Crippen LogP contribution in [-0.2, 0) is 13.1 Å². The molecule has 0 atom stereocenters. The number of nitrogens with zero attached hydrogens (tertiary/aromatic N) is 4. The highest BCUT2D eigenvalue weighted by Crippen LogP contribution is 2.20. The molecule has 0 spiro atoms. The number of pyridine rings is 1. The molecule has 7 heteroatoms. The number of fused-ring (bicyclic) bond motifs is 3. The first-order valence-corrected chi connectivity index (χ1v) is 9.52. The van der Waals surface area contributed by atoms with Gasteiger partial charge in [0.15, 0.2) is 11.2 Å². The molecule has 7 nitrogen and oxygen atoms in total. The van der Waals surface area contributed by atoms with Crippen LogP contribution in [0.3, 0.4) is 0 Å². The molecular weight excluding hydrogens is 368 g/mol. The first-order valence-electron chi connectivity index (χ1n) is 9.52. The maximum absolute atomic E-state index is 13.3. The summed E-state index contributed by atoms with van der Waals surface area (Å²) in [6.45, 7) is 6.66. The number of rotatable bonds is 4. The molecule has 0 aliphatic rings. The van der Waals surface area contributed by atoms with Gasteiger partial charge in [-0.15, -0.1) is 0 Å². The van der Waals surface area contributed by atoms with E-state index in [1.165, 1.54) is 4.57 Å². The zero-order valence-corrected chi connectivity index (χ0v) is 17.0. The van der Waals surface area contributed by atoms with Gasteiger partial charge in [0.25, 0.3) is 5.56 Å². The maximum atomic E-state index is 13.3. The normalized spacial score (nSPS) is 12.0. The molecule has 29 heavy (non-hydrogen) atoms. The average molecular weight is 392 g/mol. The fourth-order valence-corrected chi connectivity index (χ4v) is 3.50. The highest BCUT2D eigenvalue weighted by molar-refractivity contribution is 5.77. The summed E-state index contributed by atoms with van der Waals surface area (Å²) in [5, 5.41) is 0. The zero-order valence-electron chi connectivity index (χ0n) is 17.0. The molecule has 0 amide bonds. The van der Waals surface area contributed by atoms with E-state index in [9.17, 15) is 9.59 Å². The summed E-state index contributed by atoms with van der Waals surface area (Å²) in [6, 6.07) is 13.2. The second-order valence-electron chi connectivity index (χ2n) is 8.39.